The standard InChI is InChI=1S/C28H25FN4O2S/c29-22-11-19(12-27-21(22)16-35-9-2-10-36-27)28(34)31-15-20-13-26-18(14-30-20)7-8-25(33-26)24-4-1-3-23(32-24)17-5-6-17/h1,3-4,7-8,11-14,17H,2,5-6,9-10,15-16H2,(H,31,34). The minimum atomic E-state index is -0.410. The van der Waals surface area contributed by atoms with Gasteiger partial charge in [0.25, 0.3) is 5.91 Å². The fourth-order valence-electron chi connectivity index (χ4n) is 4.30. The van der Waals surface area contributed by atoms with Crippen LogP contribution in [0, 0.1) is 5.82 Å². The third-order valence-corrected chi connectivity index (χ3v) is 7.61. The number of nitrogens with zero attached hydrogens (tertiary/aromatic N) is 3. The molecule has 3 aromatic heterocycles. The summed E-state index contributed by atoms with van der Waals surface area (Å²) in [5.74, 6) is 0.653. The van der Waals surface area contributed by atoms with Crippen molar-refractivity contribution in [2.45, 2.75) is 43.2 Å². The lowest BCUT2D eigenvalue weighted by Gasteiger charge is -2.16. The SMILES string of the molecule is O=C(NCc1cc2nc(-c3cccc(C4CC4)n3)ccc2cn1)c1cc(F)c2c(c1)SCCCOC2. The molecule has 0 radical (unpaired) electrons. The fourth-order valence-corrected chi connectivity index (χ4v) is 5.32. The molecule has 4 aromatic rings. The molecule has 1 fully saturated rings. The summed E-state index contributed by atoms with van der Waals surface area (Å²) in [7, 11) is 0. The topological polar surface area (TPSA) is 77.0 Å². The summed E-state index contributed by atoms with van der Waals surface area (Å²) < 4.78 is 20.2. The molecule has 0 atom stereocenters. The van der Waals surface area contributed by atoms with Crippen molar-refractivity contribution in [3.63, 3.8) is 0 Å². The van der Waals surface area contributed by atoms with E-state index < -0.39 is 5.82 Å². The molecule has 0 bridgehead atoms. The van der Waals surface area contributed by atoms with E-state index in [0.29, 0.717) is 29.3 Å². The first kappa shape index (κ1) is 23.1. The number of benzene rings is 1. The van der Waals surface area contributed by atoms with Crippen LogP contribution in [0.3, 0.4) is 0 Å². The van der Waals surface area contributed by atoms with Crippen molar-refractivity contribution in [3.05, 3.63) is 83.1 Å². The van der Waals surface area contributed by atoms with Crippen LogP contribution in [0.25, 0.3) is 22.3 Å². The number of amides is 1. The van der Waals surface area contributed by atoms with Crippen molar-refractivity contribution in [1.82, 2.24) is 20.3 Å². The van der Waals surface area contributed by atoms with Crippen LogP contribution in [0.4, 0.5) is 4.39 Å². The Labute approximate surface area is 212 Å². The predicted molar refractivity (Wildman–Crippen MR) is 137 cm³/mol. The highest BCUT2D eigenvalue weighted by Crippen LogP contribution is 2.39. The third-order valence-electron chi connectivity index (χ3n) is 6.44. The number of hydrogen-bond donors (Lipinski definition) is 1. The van der Waals surface area contributed by atoms with Gasteiger partial charge in [0, 0.05) is 51.6 Å². The van der Waals surface area contributed by atoms with E-state index in [9.17, 15) is 9.18 Å². The van der Waals surface area contributed by atoms with Crippen molar-refractivity contribution >= 4 is 28.6 Å². The minimum absolute atomic E-state index is 0.213. The van der Waals surface area contributed by atoms with E-state index in [1.54, 1.807) is 24.0 Å². The zero-order valence-corrected chi connectivity index (χ0v) is 20.5. The molecule has 1 aromatic carbocycles. The summed E-state index contributed by atoms with van der Waals surface area (Å²) in [6.45, 7) is 1.06. The quantitative estimate of drug-likeness (QED) is 0.382. The Kier molecular flexibility index (Phi) is 6.37. The van der Waals surface area contributed by atoms with Gasteiger partial charge in [0.2, 0.25) is 0 Å². The highest BCUT2D eigenvalue weighted by atomic mass is 32.2. The van der Waals surface area contributed by atoms with Crippen LogP contribution in [0.2, 0.25) is 0 Å². The number of fused-ring (bicyclic) bond motifs is 2. The molecular formula is C28H25FN4O2S. The Morgan fingerprint density at radius 2 is 2.00 bits per heavy atom. The van der Waals surface area contributed by atoms with Crippen molar-refractivity contribution in [2.24, 2.45) is 0 Å². The molecule has 36 heavy (non-hydrogen) atoms. The number of carbonyl (C=O) groups excluding carboxylic acids is 1. The number of pyridine rings is 3. The highest BCUT2D eigenvalue weighted by molar-refractivity contribution is 7.99. The molecular weight excluding hydrogens is 475 g/mol. The first-order valence-corrected chi connectivity index (χ1v) is 13.2. The largest absolute Gasteiger partial charge is 0.377 e. The second-order valence-electron chi connectivity index (χ2n) is 9.16. The number of halogens is 1. The molecule has 1 amide bonds. The third kappa shape index (κ3) is 4.96. The van der Waals surface area contributed by atoms with E-state index in [1.165, 1.54) is 18.9 Å². The molecule has 1 N–H and O–H groups in total. The van der Waals surface area contributed by atoms with Gasteiger partial charge in [-0.05, 0) is 61.7 Å². The van der Waals surface area contributed by atoms with Crippen LogP contribution >= 0.6 is 11.8 Å². The van der Waals surface area contributed by atoms with Gasteiger partial charge in [-0.3, -0.25) is 14.8 Å². The maximum Gasteiger partial charge on any atom is 0.251 e. The predicted octanol–water partition coefficient (Wildman–Crippen LogP) is 5.65. The summed E-state index contributed by atoms with van der Waals surface area (Å²) in [6.07, 6.45) is 5.05. The smallest absolute Gasteiger partial charge is 0.251 e. The van der Waals surface area contributed by atoms with Crippen molar-refractivity contribution in [3.8, 4) is 11.4 Å². The first-order chi connectivity index (χ1) is 17.6. The van der Waals surface area contributed by atoms with E-state index >= 15 is 0 Å². The van der Waals surface area contributed by atoms with Crippen LogP contribution in [0.15, 0.2) is 59.6 Å². The van der Waals surface area contributed by atoms with Gasteiger partial charge in [0.05, 0.1) is 35.8 Å². The van der Waals surface area contributed by atoms with E-state index in [-0.39, 0.29) is 19.1 Å². The fraction of sp³-hybridized carbons (Fsp3) is 0.286. The second kappa shape index (κ2) is 9.95. The average molecular weight is 501 g/mol. The van der Waals surface area contributed by atoms with Gasteiger partial charge in [-0.25, -0.2) is 9.37 Å². The van der Waals surface area contributed by atoms with Gasteiger partial charge in [0.15, 0.2) is 0 Å². The molecule has 182 valence electrons. The minimum Gasteiger partial charge on any atom is -0.377 e. The zero-order valence-electron chi connectivity index (χ0n) is 19.7. The molecule has 0 saturated heterocycles. The van der Waals surface area contributed by atoms with Gasteiger partial charge < -0.3 is 10.1 Å². The van der Waals surface area contributed by atoms with Gasteiger partial charge in [-0.15, -0.1) is 11.8 Å². The maximum absolute atomic E-state index is 14.7. The molecule has 1 aliphatic heterocycles. The Bertz CT molecular complexity index is 1460. The molecule has 1 aliphatic carbocycles. The average Bonchev–Trinajstić information content (AvgIpc) is 3.73. The van der Waals surface area contributed by atoms with Gasteiger partial charge in [-0.2, -0.15) is 0 Å². The second-order valence-corrected chi connectivity index (χ2v) is 10.3. The summed E-state index contributed by atoms with van der Waals surface area (Å²) in [5.41, 5.74) is 5.07. The number of hydrogen-bond acceptors (Lipinski definition) is 6. The number of ether oxygens (including phenoxy) is 1. The number of thioether (sulfide) groups is 1. The summed E-state index contributed by atoms with van der Waals surface area (Å²) >= 11 is 1.56. The van der Waals surface area contributed by atoms with Crippen molar-refractivity contribution in [2.75, 3.05) is 12.4 Å². The molecule has 6 nitrogen and oxygen atoms in total. The van der Waals surface area contributed by atoms with Crippen molar-refractivity contribution in [1.29, 1.82) is 0 Å². The maximum atomic E-state index is 14.7. The van der Waals surface area contributed by atoms with Crippen molar-refractivity contribution < 1.29 is 13.9 Å². The number of nitrogens with one attached hydrogen (secondary N) is 1. The van der Waals surface area contributed by atoms with Gasteiger partial charge in [0.1, 0.15) is 5.82 Å². The lowest BCUT2D eigenvalue weighted by atomic mass is 10.1. The van der Waals surface area contributed by atoms with Crippen LogP contribution < -0.4 is 5.32 Å². The van der Waals surface area contributed by atoms with Gasteiger partial charge in [-0.1, -0.05) is 6.07 Å². The molecule has 6 rings (SSSR count). The lowest BCUT2D eigenvalue weighted by molar-refractivity contribution is 0.0948. The van der Waals surface area contributed by atoms with Gasteiger partial charge >= 0.3 is 0 Å². The first-order valence-electron chi connectivity index (χ1n) is 12.2. The highest BCUT2D eigenvalue weighted by Gasteiger charge is 2.25. The Morgan fingerprint density at radius 1 is 1.11 bits per heavy atom. The Hall–Kier alpha value is -3.36. The zero-order chi connectivity index (χ0) is 24.5. The number of rotatable bonds is 5. The Balaban J connectivity index is 1.19. The molecule has 4 heterocycles. The summed E-state index contributed by atoms with van der Waals surface area (Å²) in [5, 5.41) is 3.78. The molecule has 2 aliphatic rings. The molecule has 1 saturated carbocycles. The van der Waals surface area contributed by atoms with Crippen LogP contribution in [-0.4, -0.2) is 33.2 Å². The Morgan fingerprint density at radius 3 is 2.89 bits per heavy atom. The van der Waals surface area contributed by atoms with Crippen LogP contribution in [-0.2, 0) is 17.9 Å². The monoisotopic (exact) mass is 500 g/mol. The van der Waals surface area contributed by atoms with Crippen LogP contribution in [0.1, 0.15) is 52.5 Å². The normalized spacial score (nSPS) is 15.7. The van der Waals surface area contributed by atoms with E-state index in [0.717, 1.165) is 45.1 Å². The number of carbonyl (C=O) groups is 1. The summed E-state index contributed by atoms with van der Waals surface area (Å²) in [4.78, 5) is 27.7. The van der Waals surface area contributed by atoms with E-state index in [4.69, 9.17) is 14.7 Å². The molecule has 8 heteroatoms. The number of aromatic nitrogens is 3. The van der Waals surface area contributed by atoms with E-state index in [2.05, 4.69) is 16.4 Å². The molecule has 0 spiro atoms. The molecule has 0 unspecified atom stereocenters. The van der Waals surface area contributed by atoms with Crippen LogP contribution in [0.5, 0.6) is 0 Å². The van der Waals surface area contributed by atoms with E-state index in [1.807, 2.05) is 30.3 Å². The summed E-state index contributed by atoms with van der Waals surface area (Å²) in [6, 6.07) is 14.9. The lowest BCUT2D eigenvalue weighted by Crippen LogP contribution is -2.24.